The maximum absolute atomic E-state index is 6.09. The van der Waals surface area contributed by atoms with E-state index in [2.05, 4.69) is 20.8 Å². The molecule has 15 heavy (non-hydrogen) atoms. The first-order valence-electron chi connectivity index (χ1n) is 5.81. The number of rotatable bonds is 5. The SMILES string of the molecule is CC1CCC(CC(CCl)(CCl)C(C)C)O1. The summed E-state index contributed by atoms with van der Waals surface area (Å²) in [6.07, 6.45) is 4.10. The first-order chi connectivity index (χ1) is 7.04. The summed E-state index contributed by atoms with van der Waals surface area (Å²) < 4.78 is 5.85. The second-order valence-corrected chi connectivity index (χ2v) is 5.67. The van der Waals surface area contributed by atoms with Gasteiger partial charge in [-0.05, 0) is 32.1 Å². The predicted octanol–water partition coefficient (Wildman–Crippen LogP) is 4.06. The van der Waals surface area contributed by atoms with Gasteiger partial charge >= 0.3 is 0 Å². The lowest BCUT2D eigenvalue weighted by Gasteiger charge is -2.36. The van der Waals surface area contributed by atoms with Gasteiger partial charge in [0, 0.05) is 17.2 Å². The Balaban J connectivity index is 2.58. The van der Waals surface area contributed by atoms with Gasteiger partial charge in [-0.1, -0.05) is 13.8 Å². The third-order valence-electron chi connectivity index (χ3n) is 3.71. The van der Waals surface area contributed by atoms with Crippen LogP contribution in [0.1, 0.15) is 40.0 Å². The first-order valence-corrected chi connectivity index (χ1v) is 6.88. The highest BCUT2D eigenvalue weighted by molar-refractivity contribution is 6.21. The van der Waals surface area contributed by atoms with Crippen LogP contribution in [0.5, 0.6) is 0 Å². The van der Waals surface area contributed by atoms with Crippen molar-refractivity contribution in [3.63, 3.8) is 0 Å². The molecule has 1 saturated heterocycles. The largest absolute Gasteiger partial charge is 0.375 e. The number of hydrogen-bond donors (Lipinski definition) is 0. The van der Waals surface area contributed by atoms with Crippen molar-refractivity contribution < 1.29 is 4.74 Å². The molecule has 0 aliphatic carbocycles. The zero-order valence-electron chi connectivity index (χ0n) is 9.93. The monoisotopic (exact) mass is 252 g/mol. The summed E-state index contributed by atoms with van der Waals surface area (Å²) in [4.78, 5) is 0. The number of halogens is 2. The van der Waals surface area contributed by atoms with Crippen LogP contribution in [-0.4, -0.2) is 24.0 Å². The van der Waals surface area contributed by atoms with Gasteiger partial charge in [0.2, 0.25) is 0 Å². The molecule has 90 valence electrons. The normalized spacial score (nSPS) is 27.6. The van der Waals surface area contributed by atoms with Crippen LogP contribution in [-0.2, 0) is 4.74 Å². The second-order valence-electron chi connectivity index (χ2n) is 5.13. The summed E-state index contributed by atoms with van der Waals surface area (Å²) >= 11 is 12.2. The van der Waals surface area contributed by atoms with E-state index < -0.39 is 0 Å². The molecule has 1 aliphatic heterocycles. The Hall–Kier alpha value is 0.540. The molecular formula is C12H22Cl2O. The zero-order chi connectivity index (χ0) is 11.5. The first kappa shape index (κ1) is 13.6. The summed E-state index contributed by atoms with van der Waals surface area (Å²) in [6, 6.07) is 0. The summed E-state index contributed by atoms with van der Waals surface area (Å²) in [5.74, 6) is 1.76. The molecule has 1 rings (SSSR count). The molecule has 1 fully saturated rings. The van der Waals surface area contributed by atoms with Gasteiger partial charge in [-0.15, -0.1) is 23.2 Å². The third kappa shape index (κ3) is 3.25. The average molecular weight is 253 g/mol. The van der Waals surface area contributed by atoms with Crippen molar-refractivity contribution in [2.75, 3.05) is 11.8 Å². The van der Waals surface area contributed by atoms with E-state index in [4.69, 9.17) is 27.9 Å². The van der Waals surface area contributed by atoms with Gasteiger partial charge in [-0.3, -0.25) is 0 Å². The third-order valence-corrected chi connectivity index (χ3v) is 4.78. The van der Waals surface area contributed by atoms with Gasteiger partial charge in [-0.2, -0.15) is 0 Å². The quantitative estimate of drug-likeness (QED) is 0.671. The van der Waals surface area contributed by atoms with E-state index in [0.29, 0.717) is 29.9 Å². The lowest BCUT2D eigenvalue weighted by atomic mass is 9.76. The van der Waals surface area contributed by atoms with E-state index in [0.717, 1.165) is 12.8 Å². The Morgan fingerprint density at radius 2 is 1.87 bits per heavy atom. The fraction of sp³-hybridized carbons (Fsp3) is 1.00. The van der Waals surface area contributed by atoms with E-state index in [9.17, 15) is 0 Å². The molecule has 0 N–H and O–H groups in total. The molecule has 0 aromatic carbocycles. The van der Waals surface area contributed by atoms with Crippen LogP contribution in [0.15, 0.2) is 0 Å². The van der Waals surface area contributed by atoms with Gasteiger partial charge in [0.25, 0.3) is 0 Å². The summed E-state index contributed by atoms with van der Waals surface area (Å²) in [5.41, 5.74) is 0.0395. The Morgan fingerprint density at radius 1 is 1.27 bits per heavy atom. The lowest BCUT2D eigenvalue weighted by molar-refractivity contribution is 0.0205. The van der Waals surface area contributed by atoms with Crippen LogP contribution in [0.25, 0.3) is 0 Å². The molecule has 1 heterocycles. The molecule has 2 unspecified atom stereocenters. The van der Waals surface area contributed by atoms with E-state index >= 15 is 0 Å². The molecule has 1 nitrogen and oxygen atoms in total. The van der Waals surface area contributed by atoms with Crippen LogP contribution in [0, 0.1) is 11.3 Å². The van der Waals surface area contributed by atoms with Crippen LogP contribution >= 0.6 is 23.2 Å². The minimum atomic E-state index is 0.0395. The van der Waals surface area contributed by atoms with Gasteiger partial charge in [0.05, 0.1) is 12.2 Å². The fourth-order valence-electron chi connectivity index (χ4n) is 2.18. The summed E-state index contributed by atoms with van der Waals surface area (Å²) in [6.45, 7) is 6.53. The number of ether oxygens (including phenoxy) is 1. The van der Waals surface area contributed by atoms with Crippen molar-refractivity contribution in [3.8, 4) is 0 Å². The Labute approximate surface area is 103 Å². The molecular weight excluding hydrogens is 231 g/mol. The van der Waals surface area contributed by atoms with Gasteiger partial charge in [0.1, 0.15) is 0 Å². The molecule has 0 saturated carbocycles. The van der Waals surface area contributed by atoms with Crippen LogP contribution in [0.2, 0.25) is 0 Å². The maximum atomic E-state index is 6.09. The topological polar surface area (TPSA) is 9.23 Å². The highest BCUT2D eigenvalue weighted by Gasteiger charge is 2.37. The van der Waals surface area contributed by atoms with E-state index in [-0.39, 0.29) is 5.41 Å². The van der Waals surface area contributed by atoms with Crippen molar-refractivity contribution >= 4 is 23.2 Å². The molecule has 0 spiro atoms. The van der Waals surface area contributed by atoms with E-state index in [1.807, 2.05) is 0 Å². The van der Waals surface area contributed by atoms with Crippen LogP contribution in [0.3, 0.4) is 0 Å². The Bertz CT molecular complexity index is 190. The maximum Gasteiger partial charge on any atom is 0.0586 e. The highest BCUT2D eigenvalue weighted by Crippen LogP contribution is 2.39. The van der Waals surface area contributed by atoms with E-state index in [1.54, 1.807) is 0 Å². The van der Waals surface area contributed by atoms with Crippen LogP contribution < -0.4 is 0 Å². The average Bonchev–Trinajstić information content (AvgIpc) is 2.60. The van der Waals surface area contributed by atoms with Crippen molar-refractivity contribution in [1.29, 1.82) is 0 Å². The van der Waals surface area contributed by atoms with Crippen molar-refractivity contribution in [2.45, 2.75) is 52.2 Å². The van der Waals surface area contributed by atoms with Crippen molar-refractivity contribution in [3.05, 3.63) is 0 Å². The minimum Gasteiger partial charge on any atom is -0.375 e. The number of hydrogen-bond acceptors (Lipinski definition) is 1. The molecule has 0 aromatic heterocycles. The molecule has 3 heteroatoms. The van der Waals surface area contributed by atoms with Gasteiger partial charge < -0.3 is 4.74 Å². The Kier molecular flexibility index (Phi) is 5.21. The lowest BCUT2D eigenvalue weighted by Crippen LogP contribution is -2.35. The highest BCUT2D eigenvalue weighted by atomic mass is 35.5. The van der Waals surface area contributed by atoms with Gasteiger partial charge in [-0.25, -0.2) is 0 Å². The number of alkyl halides is 2. The second kappa shape index (κ2) is 5.75. The predicted molar refractivity (Wildman–Crippen MR) is 66.9 cm³/mol. The Morgan fingerprint density at radius 3 is 2.20 bits per heavy atom. The molecule has 2 atom stereocenters. The smallest absolute Gasteiger partial charge is 0.0586 e. The van der Waals surface area contributed by atoms with Crippen molar-refractivity contribution in [1.82, 2.24) is 0 Å². The molecule has 0 bridgehead atoms. The summed E-state index contributed by atoms with van der Waals surface area (Å²) in [7, 11) is 0. The van der Waals surface area contributed by atoms with Gasteiger partial charge in [0.15, 0.2) is 0 Å². The molecule has 1 aliphatic rings. The fourth-order valence-corrected chi connectivity index (χ4v) is 3.30. The van der Waals surface area contributed by atoms with E-state index in [1.165, 1.54) is 6.42 Å². The van der Waals surface area contributed by atoms with Crippen LogP contribution in [0.4, 0.5) is 0 Å². The van der Waals surface area contributed by atoms with Crippen molar-refractivity contribution in [2.24, 2.45) is 11.3 Å². The summed E-state index contributed by atoms with van der Waals surface area (Å²) in [5, 5.41) is 0. The molecule has 0 radical (unpaired) electrons. The molecule has 0 aromatic rings. The minimum absolute atomic E-state index is 0.0395. The molecule has 0 amide bonds. The standard InChI is InChI=1S/C12H22Cl2O/c1-9(2)12(7-13,8-14)6-11-5-4-10(3)15-11/h9-11H,4-8H2,1-3H3. The zero-order valence-corrected chi connectivity index (χ0v) is 11.4.